The monoisotopic (exact) mass is 446 g/mol. The summed E-state index contributed by atoms with van der Waals surface area (Å²) >= 11 is 1.64. The van der Waals surface area contributed by atoms with Crippen molar-refractivity contribution in [1.29, 1.82) is 0 Å². The number of fused-ring (bicyclic) bond motifs is 2. The van der Waals surface area contributed by atoms with Gasteiger partial charge in [0.05, 0.1) is 11.0 Å². The van der Waals surface area contributed by atoms with Crippen molar-refractivity contribution in [3.8, 4) is 0 Å². The van der Waals surface area contributed by atoms with E-state index >= 15 is 0 Å². The van der Waals surface area contributed by atoms with Gasteiger partial charge >= 0.3 is 5.97 Å². The fraction of sp³-hybridized carbons (Fsp3) is 0.160. The summed E-state index contributed by atoms with van der Waals surface area (Å²) in [4.78, 5) is 38.4. The number of para-hydroxylation sites is 2. The van der Waals surface area contributed by atoms with Crippen LogP contribution in [0.2, 0.25) is 0 Å². The van der Waals surface area contributed by atoms with Gasteiger partial charge in [-0.05, 0) is 36.4 Å². The van der Waals surface area contributed by atoms with E-state index in [1.165, 1.54) is 0 Å². The number of amides is 1. The third kappa shape index (κ3) is 5.00. The van der Waals surface area contributed by atoms with Gasteiger partial charge in [-0.3, -0.25) is 14.4 Å². The van der Waals surface area contributed by atoms with Crippen LogP contribution in [0.4, 0.5) is 0 Å². The van der Waals surface area contributed by atoms with Gasteiger partial charge in [0.2, 0.25) is 0 Å². The highest BCUT2D eigenvalue weighted by Crippen LogP contribution is 2.19. The number of thioether (sulfide) groups is 1. The molecule has 4 aromatic rings. The number of nitrogens with zero attached hydrogens (tertiary/aromatic N) is 1. The van der Waals surface area contributed by atoms with Crippen LogP contribution in [-0.2, 0) is 20.9 Å². The molecule has 0 aliphatic carbocycles. The number of ether oxygens (including phenoxy) is 1. The molecule has 0 unspecified atom stereocenters. The molecule has 6 nitrogen and oxygen atoms in total. The standard InChI is InChI=1S/C25H22N2O4S/c28-23(26-14-15-32-18-8-2-1-3-9-18)17-31-24(29)16-27-21-12-6-4-10-19(21)25(30)20-11-5-7-13-22(20)27/h1-13H,14-17H2,(H,26,28). The van der Waals surface area contributed by atoms with Crippen LogP contribution in [0.15, 0.2) is 88.6 Å². The zero-order chi connectivity index (χ0) is 22.3. The third-order valence-corrected chi connectivity index (χ3v) is 5.98. The molecule has 162 valence electrons. The molecule has 0 fully saturated rings. The molecule has 0 radical (unpaired) electrons. The van der Waals surface area contributed by atoms with E-state index in [9.17, 15) is 14.4 Å². The number of esters is 1. The van der Waals surface area contributed by atoms with Gasteiger partial charge in [0.15, 0.2) is 12.0 Å². The summed E-state index contributed by atoms with van der Waals surface area (Å²) in [5, 5.41) is 3.82. The fourth-order valence-corrected chi connectivity index (χ4v) is 4.28. The van der Waals surface area contributed by atoms with Gasteiger partial charge < -0.3 is 14.6 Å². The maximum absolute atomic E-state index is 12.8. The van der Waals surface area contributed by atoms with E-state index in [-0.39, 0.29) is 24.5 Å². The molecule has 0 bridgehead atoms. The number of carbonyl (C=O) groups is 2. The number of hydrogen-bond acceptors (Lipinski definition) is 5. The zero-order valence-corrected chi connectivity index (χ0v) is 18.1. The van der Waals surface area contributed by atoms with Crippen LogP contribution >= 0.6 is 11.8 Å². The average molecular weight is 447 g/mol. The third-order valence-electron chi connectivity index (χ3n) is 4.97. The molecule has 0 aliphatic heterocycles. The van der Waals surface area contributed by atoms with Gasteiger partial charge in [0.1, 0.15) is 6.54 Å². The molecule has 0 aliphatic rings. The van der Waals surface area contributed by atoms with Crippen LogP contribution in [0.25, 0.3) is 21.8 Å². The van der Waals surface area contributed by atoms with Gasteiger partial charge in [0, 0.05) is 28.0 Å². The fourth-order valence-electron chi connectivity index (χ4n) is 3.50. The Bertz CT molecular complexity index is 1260. The van der Waals surface area contributed by atoms with Crippen LogP contribution in [0.1, 0.15) is 0 Å². The molecule has 1 N–H and O–H groups in total. The second-order valence-corrected chi connectivity index (χ2v) is 8.29. The highest BCUT2D eigenvalue weighted by Gasteiger charge is 2.14. The van der Waals surface area contributed by atoms with E-state index in [1.807, 2.05) is 42.5 Å². The van der Waals surface area contributed by atoms with Crippen molar-refractivity contribution in [1.82, 2.24) is 9.88 Å². The Morgan fingerprint density at radius 2 is 1.44 bits per heavy atom. The van der Waals surface area contributed by atoms with Gasteiger partial charge in [-0.15, -0.1) is 11.8 Å². The molecular weight excluding hydrogens is 424 g/mol. The predicted octanol–water partition coefficient (Wildman–Crippen LogP) is 3.61. The highest BCUT2D eigenvalue weighted by molar-refractivity contribution is 7.99. The largest absolute Gasteiger partial charge is 0.454 e. The quantitative estimate of drug-likeness (QED) is 0.194. The maximum atomic E-state index is 12.8. The first-order valence-corrected chi connectivity index (χ1v) is 11.2. The predicted molar refractivity (Wildman–Crippen MR) is 127 cm³/mol. The maximum Gasteiger partial charge on any atom is 0.326 e. The summed E-state index contributed by atoms with van der Waals surface area (Å²) in [7, 11) is 0. The first kappa shape index (κ1) is 21.6. The number of hydrogen-bond donors (Lipinski definition) is 1. The number of pyridine rings is 1. The first-order chi connectivity index (χ1) is 15.6. The Labute approximate surface area is 189 Å². The zero-order valence-electron chi connectivity index (χ0n) is 17.3. The van der Waals surface area contributed by atoms with E-state index in [1.54, 1.807) is 52.7 Å². The highest BCUT2D eigenvalue weighted by atomic mass is 32.2. The molecule has 1 heterocycles. The van der Waals surface area contributed by atoms with Crippen molar-refractivity contribution in [2.45, 2.75) is 11.4 Å². The van der Waals surface area contributed by atoms with Gasteiger partial charge in [0.25, 0.3) is 5.91 Å². The second kappa shape index (κ2) is 10.2. The van der Waals surface area contributed by atoms with Crippen molar-refractivity contribution in [2.24, 2.45) is 0 Å². The molecule has 1 aromatic heterocycles. The number of rotatable bonds is 8. The van der Waals surface area contributed by atoms with E-state index in [0.29, 0.717) is 28.4 Å². The minimum absolute atomic E-state index is 0.0754. The normalized spacial score (nSPS) is 10.9. The Morgan fingerprint density at radius 3 is 2.09 bits per heavy atom. The molecule has 0 saturated heterocycles. The lowest BCUT2D eigenvalue weighted by atomic mass is 10.1. The Morgan fingerprint density at radius 1 is 0.844 bits per heavy atom. The van der Waals surface area contributed by atoms with Crippen molar-refractivity contribution in [3.63, 3.8) is 0 Å². The van der Waals surface area contributed by atoms with E-state index < -0.39 is 5.97 Å². The van der Waals surface area contributed by atoms with Crippen LogP contribution in [-0.4, -0.2) is 35.3 Å². The van der Waals surface area contributed by atoms with Crippen molar-refractivity contribution >= 4 is 45.4 Å². The summed E-state index contributed by atoms with van der Waals surface area (Å²) in [6, 6.07) is 24.2. The number of carbonyl (C=O) groups excluding carboxylic acids is 2. The summed E-state index contributed by atoms with van der Waals surface area (Å²) < 4.78 is 6.95. The van der Waals surface area contributed by atoms with Crippen LogP contribution in [0, 0.1) is 0 Å². The minimum Gasteiger partial charge on any atom is -0.454 e. The van der Waals surface area contributed by atoms with Gasteiger partial charge in [-0.25, -0.2) is 0 Å². The second-order valence-electron chi connectivity index (χ2n) is 7.12. The summed E-state index contributed by atoms with van der Waals surface area (Å²) in [5.41, 5.74) is 1.22. The van der Waals surface area contributed by atoms with Crippen molar-refractivity contribution < 1.29 is 14.3 Å². The SMILES string of the molecule is O=C(COC(=O)Cn1c2ccccc2c(=O)c2ccccc21)NCCSc1ccccc1. The van der Waals surface area contributed by atoms with Crippen LogP contribution in [0.5, 0.6) is 0 Å². The number of benzene rings is 3. The van der Waals surface area contributed by atoms with Gasteiger partial charge in [-0.1, -0.05) is 42.5 Å². The van der Waals surface area contributed by atoms with Crippen LogP contribution in [0.3, 0.4) is 0 Å². The van der Waals surface area contributed by atoms with Crippen molar-refractivity contribution in [3.05, 3.63) is 89.1 Å². The van der Waals surface area contributed by atoms with Crippen LogP contribution < -0.4 is 10.7 Å². The topological polar surface area (TPSA) is 77.4 Å². The Balaban J connectivity index is 1.36. The number of aromatic nitrogens is 1. The van der Waals surface area contributed by atoms with E-state index in [0.717, 1.165) is 10.6 Å². The Kier molecular flexibility index (Phi) is 6.87. The summed E-state index contributed by atoms with van der Waals surface area (Å²) in [5.74, 6) is -0.168. The molecule has 1 amide bonds. The van der Waals surface area contributed by atoms with Gasteiger partial charge in [-0.2, -0.15) is 0 Å². The molecule has 4 rings (SSSR count). The lowest BCUT2D eigenvalue weighted by Gasteiger charge is -2.14. The average Bonchev–Trinajstić information content (AvgIpc) is 2.84. The lowest BCUT2D eigenvalue weighted by Crippen LogP contribution is -2.31. The van der Waals surface area contributed by atoms with E-state index in [2.05, 4.69) is 5.32 Å². The summed E-state index contributed by atoms with van der Waals surface area (Å²) in [6.07, 6.45) is 0. The minimum atomic E-state index is -0.544. The smallest absolute Gasteiger partial charge is 0.326 e. The first-order valence-electron chi connectivity index (χ1n) is 10.2. The van der Waals surface area contributed by atoms with Crippen molar-refractivity contribution in [2.75, 3.05) is 18.9 Å². The molecule has 0 spiro atoms. The Hall–Kier alpha value is -3.58. The van der Waals surface area contributed by atoms with E-state index in [4.69, 9.17) is 4.74 Å². The lowest BCUT2D eigenvalue weighted by molar-refractivity contribution is -0.148. The molecule has 32 heavy (non-hydrogen) atoms. The summed E-state index contributed by atoms with van der Waals surface area (Å²) in [6.45, 7) is 0.0360. The molecular formula is C25H22N2O4S. The molecule has 7 heteroatoms. The molecule has 0 saturated carbocycles. The molecule has 0 atom stereocenters. The molecule has 3 aromatic carbocycles. The number of nitrogens with one attached hydrogen (secondary N) is 1.